The predicted molar refractivity (Wildman–Crippen MR) is 204 cm³/mol. The lowest BCUT2D eigenvalue weighted by Crippen LogP contribution is -2.49. The molecule has 1 aliphatic carbocycles. The molecule has 0 aromatic heterocycles. The van der Waals surface area contributed by atoms with Crippen molar-refractivity contribution in [3.8, 4) is 11.5 Å². The smallest absolute Gasteiger partial charge is 0.255 e. The summed E-state index contributed by atoms with van der Waals surface area (Å²) in [7, 11) is 0. The lowest BCUT2D eigenvalue weighted by Gasteiger charge is -2.36. The van der Waals surface area contributed by atoms with Gasteiger partial charge in [-0.2, -0.15) is 0 Å². The van der Waals surface area contributed by atoms with E-state index in [1.165, 1.54) is 22.3 Å². The molecule has 4 aromatic carbocycles. The molecule has 3 atom stereocenters. The van der Waals surface area contributed by atoms with Crippen molar-refractivity contribution >= 4 is 17.5 Å². The zero-order chi connectivity index (χ0) is 35.6. The van der Waals surface area contributed by atoms with Gasteiger partial charge in [0.05, 0.1) is 6.61 Å². The second-order valence-electron chi connectivity index (χ2n) is 14.8. The van der Waals surface area contributed by atoms with Crippen molar-refractivity contribution in [1.82, 2.24) is 15.1 Å². The number of phenolic OH excluding ortho intramolecular Hbond substituents is 1. The zero-order valence-electron chi connectivity index (χ0n) is 29.8. The van der Waals surface area contributed by atoms with E-state index < -0.39 is 6.04 Å². The van der Waals surface area contributed by atoms with Gasteiger partial charge < -0.3 is 25.0 Å². The average molecular weight is 697 g/mol. The molecule has 1 unspecified atom stereocenters. The van der Waals surface area contributed by atoms with Crippen LogP contribution in [-0.4, -0.2) is 72.1 Å². The number of allylic oxidation sites excluding steroid dienone is 1. The number of hydrogen-bond acceptors (Lipinski definition) is 6. The number of hydrogen-bond donors (Lipinski definition) is 2. The maximum absolute atomic E-state index is 13.1. The number of piperidine rings is 1. The third-order valence-corrected chi connectivity index (χ3v) is 11.5. The lowest BCUT2D eigenvalue weighted by molar-refractivity contribution is -0.126. The van der Waals surface area contributed by atoms with Gasteiger partial charge in [0.2, 0.25) is 5.91 Å². The number of fused-ring (bicyclic) bond motifs is 2. The number of anilines is 1. The van der Waals surface area contributed by atoms with Crippen molar-refractivity contribution in [2.24, 2.45) is 0 Å². The van der Waals surface area contributed by atoms with Gasteiger partial charge in [-0.25, -0.2) is 0 Å². The van der Waals surface area contributed by atoms with Crippen LogP contribution in [0.15, 0.2) is 103 Å². The molecular weight excluding hydrogens is 649 g/mol. The molecule has 3 heterocycles. The van der Waals surface area contributed by atoms with Crippen LogP contribution < -0.4 is 15.0 Å². The number of nitrogens with one attached hydrogen (secondary N) is 1. The number of aryl methyl sites for hydroxylation is 1. The lowest BCUT2D eigenvalue weighted by atomic mass is 9.69. The molecule has 8 heteroatoms. The van der Waals surface area contributed by atoms with Crippen LogP contribution in [0.25, 0.3) is 0 Å². The number of nitrogens with zero attached hydrogens (tertiary/aromatic N) is 3. The van der Waals surface area contributed by atoms with E-state index in [2.05, 4.69) is 94.5 Å². The molecule has 2 N–H and O–H groups in total. The molecule has 8 rings (SSSR count). The van der Waals surface area contributed by atoms with Crippen LogP contribution in [-0.2, 0) is 17.8 Å². The fraction of sp³-hybridized carbons (Fsp3) is 0.364. The predicted octanol–water partition coefficient (Wildman–Crippen LogP) is 6.98. The van der Waals surface area contributed by atoms with Crippen molar-refractivity contribution < 1.29 is 19.4 Å². The van der Waals surface area contributed by atoms with E-state index in [1.54, 1.807) is 4.90 Å². The van der Waals surface area contributed by atoms with Crippen LogP contribution in [0.4, 0.5) is 5.69 Å². The van der Waals surface area contributed by atoms with E-state index >= 15 is 0 Å². The molecule has 8 nitrogen and oxygen atoms in total. The highest BCUT2D eigenvalue weighted by Gasteiger charge is 2.38. The number of benzene rings is 4. The van der Waals surface area contributed by atoms with Crippen molar-refractivity contribution in [3.63, 3.8) is 0 Å². The highest BCUT2D eigenvalue weighted by Crippen LogP contribution is 2.47. The first-order valence-electron chi connectivity index (χ1n) is 18.9. The molecule has 4 aromatic rings. The Morgan fingerprint density at radius 2 is 1.62 bits per heavy atom. The molecule has 0 bridgehead atoms. The van der Waals surface area contributed by atoms with Crippen molar-refractivity contribution in [1.29, 1.82) is 0 Å². The maximum atomic E-state index is 13.1. The summed E-state index contributed by atoms with van der Waals surface area (Å²) in [4.78, 5) is 32.4. The summed E-state index contributed by atoms with van der Waals surface area (Å²) in [6.07, 6.45) is 5.43. The van der Waals surface area contributed by atoms with E-state index in [9.17, 15) is 14.7 Å². The standard InChI is InChI=1S/C44H48N4O4/c1-30-9-20-41(43(50)45-30)48-29-34-27-35(13-18-40(34)44(48)51)47-24-22-46(23-25-47)21-5-6-26-52-37-15-10-32(11-16-37)42-38(31-7-3-2-4-8-31)17-12-33-28-36(49)14-19-39(33)42/h2-4,7-8,10-11,13-16,18-19,27-28,38,41-42,49H,1,5-6,9,12,17,20-26,29H2,(H,45,50)/t38-,41?,42+/m1/s1. The Morgan fingerprint density at radius 3 is 2.40 bits per heavy atom. The van der Waals surface area contributed by atoms with Crippen molar-refractivity contribution in [2.75, 3.05) is 44.2 Å². The molecular formula is C44H48N4O4. The Kier molecular flexibility index (Phi) is 9.74. The molecule has 2 amide bonds. The van der Waals surface area contributed by atoms with Gasteiger partial charge in [-0.3, -0.25) is 14.5 Å². The number of amides is 2. The third kappa shape index (κ3) is 7.04. The van der Waals surface area contributed by atoms with Gasteiger partial charge in [-0.15, -0.1) is 0 Å². The number of ether oxygens (including phenoxy) is 1. The Hall–Kier alpha value is -5.08. The molecule has 2 saturated heterocycles. The van der Waals surface area contributed by atoms with Gasteiger partial charge in [0.1, 0.15) is 17.5 Å². The molecule has 0 radical (unpaired) electrons. The monoisotopic (exact) mass is 696 g/mol. The summed E-state index contributed by atoms with van der Waals surface area (Å²) in [6, 6.07) is 31.1. The van der Waals surface area contributed by atoms with Crippen LogP contribution in [0.1, 0.15) is 82.1 Å². The maximum Gasteiger partial charge on any atom is 0.255 e. The van der Waals surface area contributed by atoms with Crippen LogP contribution in [0.5, 0.6) is 11.5 Å². The Labute approximate surface area is 306 Å². The Morgan fingerprint density at radius 1 is 0.808 bits per heavy atom. The van der Waals surface area contributed by atoms with Crippen LogP contribution in [0.3, 0.4) is 0 Å². The number of carbonyl (C=O) groups is 2. The van der Waals surface area contributed by atoms with Crippen molar-refractivity contribution in [2.45, 2.75) is 62.9 Å². The zero-order valence-corrected chi connectivity index (χ0v) is 29.8. The first-order chi connectivity index (χ1) is 25.4. The molecule has 268 valence electrons. The topological polar surface area (TPSA) is 85.4 Å². The fourth-order valence-corrected chi connectivity index (χ4v) is 8.74. The minimum Gasteiger partial charge on any atom is -0.508 e. The number of carbonyl (C=O) groups excluding carboxylic acids is 2. The first kappa shape index (κ1) is 34.0. The molecule has 52 heavy (non-hydrogen) atoms. The third-order valence-electron chi connectivity index (χ3n) is 11.5. The van der Waals surface area contributed by atoms with Crippen LogP contribution in [0.2, 0.25) is 0 Å². The Bertz CT molecular complexity index is 1940. The van der Waals surface area contributed by atoms with Gasteiger partial charge in [0.25, 0.3) is 5.91 Å². The normalized spacial score (nSPS) is 21.8. The van der Waals surface area contributed by atoms with E-state index in [-0.39, 0.29) is 17.7 Å². The molecule has 0 saturated carbocycles. The summed E-state index contributed by atoms with van der Waals surface area (Å²) in [5, 5.41) is 13.0. The fourth-order valence-electron chi connectivity index (χ4n) is 8.74. The van der Waals surface area contributed by atoms with E-state index in [0.717, 1.165) is 81.1 Å². The summed E-state index contributed by atoms with van der Waals surface area (Å²) in [5.74, 6) is 1.68. The average Bonchev–Trinajstić information content (AvgIpc) is 3.49. The van der Waals surface area contributed by atoms with Gasteiger partial charge in [-0.05, 0) is 121 Å². The largest absolute Gasteiger partial charge is 0.508 e. The molecule has 2 fully saturated rings. The summed E-state index contributed by atoms with van der Waals surface area (Å²) in [6.45, 7) is 10.00. The number of unbranched alkanes of at least 4 members (excludes halogenated alkanes) is 1. The van der Waals surface area contributed by atoms with Crippen LogP contribution >= 0.6 is 0 Å². The number of aromatic hydroxyl groups is 1. The van der Waals surface area contributed by atoms with Gasteiger partial charge in [0.15, 0.2) is 0 Å². The first-order valence-corrected chi connectivity index (χ1v) is 18.9. The molecule has 3 aliphatic heterocycles. The van der Waals surface area contributed by atoms with Gasteiger partial charge in [-0.1, -0.05) is 55.1 Å². The van der Waals surface area contributed by atoms with Gasteiger partial charge >= 0.3 is 0 Å². The summed E-state index contributed by atoms with van der Waals surface area (Å²) in [5.41, 5.74) is 8.79. The number of piperazine rings is 1. The minimum absolute atomic E-state index is 0.0508. The number of rotatable bonds is 10. The number of phenols is 1. The highest BCUT2D eigenvalue weighted by atomic mass is 16.5. The van der Waals surface area contributed by atoms with E-state index in [4.69, 9.17) is 4.74 Å². The second-order valence-corrected chi connectivity index (χ2v) is 14.8. The minimum atomic E-state index is -0.431. The summed E-state index contributed by atoms with van der Waals surface area (Å²) < 4.78 is 6.20. The second kappa shape index (κ2) is 14.9. The highest BCUT2D eigenvalue weighted by molar-refractivity contribution is 6.01. The van der Waals surface area contributed by atoms with Gasteiger partial charge in [0, 0.05) is 55.6 Å². The summed E-state index contributed by atoms with van der Waals surface area (Å²) >= 11 is 0. The van der Waals surface area contributed by atoms with Crippen LogP contribution in [0, 0.1) is 0 Å². The van der Waals surface area contributed by atoms with E-state index in [0.29, 0.717) is 43.2 Å². The molecule has 0 spiro atoms. The quantitative estimate of drug-likeness (QED) is 0.174. The Balaban J connectivity index is 0.797. The van der Waals surface area contributed by atoms with E-state index in [1.807, 2.05) is 18.2 Å². The molecule has 4 aliphatic rings. The van der Waals surface area contributed by atoms with Crippen molar-refractivity contribution in [3.05, 3.63) is 137 Å². The SMILES string of the molecule is C=C1CCC(N2Cc3cc(N4CCN(CCCCOc5ccc([C@@H]6c7ccc(O)cc7CC[C@@H]6c6ccccc6)cc5)CC4)ccc3C2=O)C(=O)N1.